The van der Waals surface area contributed by atoms with Crippen LogP contribution in [0.4, 0.5) is 13.2 Å². The van der Waals surface area contributed by atoms with Crippen LogP contribution in [0.2, 0.25) is 0 Å². The number of likely N-dealkylation sites (tertiary alicyclic amines) is 2. The zero-order valence-corrected chi connectivity index (χ0v) is 14.4. The number of aliphatic carboxylic acids is 1. The van der Waals surface area contributed by atoms with Gasteiger partial charge in [-0.3, -0.25) is 9.59 Å². The van der Waals surface area contributed by atoms with Crippen molar-refractivity contribution in [2.24, 2.45) is 5.92 Å². The van der Waals surface area contributed by atoms with E-state index < -0.39 is 29.7 Å². The summed E-state index contributed by atoms with van der Waals surface area (Å²) in [6.07, 6.45) is -3.54. The fourth-order valence-electron chi connectivity index (χ4n) is 3.68. The Balaban J connectivity index is 1.67. The largest absolute Gasteiger partial charge is 0.480 e. The van der Waals surface area contributed by atoms with Gasteiger partial charge in [-0.25, -0.2) is 4.79 Å². The van der Waals surface area contributed by atoms with Crippen LogP contribution in [0.15, 0.2) is 24.3 Å². The summed E-state index contributed by atoms with van der Waals surface area (Å²) in [4.78, 5) is 38.8. The Labute approximate surface area is 153 Å². The second-order valence-corrected chi connectivity index (χ2v) is 6.90. The van der Waals surface area contributed by atoms with Gasteiger partial charge in [-0.15, -0.1) is 0 Å². The zero-order valence-electron chi connectivity index (χ0n) is 14.4. The quantitative estimate of drug-likeness (QED) is 0.863. The van der Waals surface area contributed by atoms with Crippen LogP contribution in [-0.2, 0) is 27.1 Å². The number of rotatable bonds is 4. The number of hydrogen-bond acceptors (Lipinski definition) is 3. The summed E-state index contributed by atoms with van der Waals surface area (Å²) in [5, 5.41) is 9.20. The first kappa shape index (κ1) is 19.2. The SMILES string of the molecule is O=C(O)C1CCCN1C(=O)C1CC(=O)N(Cc2cccc(C(F)(F)F)c2)C1. The lowest BCUT2D eigenvalue weighted by molar-refractivity contribution is -0.149. The van der Waals surface area contributed by atoms with Gasteiger partial charge in [0.05, 0.1) is 11.5 Å². The van der Waals surface area contributed by atoms with Crippen molar-refractivity contribution in [3.05, 3.63) is 35.4 Å². The molecule has 0 spiro atoms. The van der Waals surface area contributed by atoms with Gasteiger partial charge < -0.3 is 14.9 Å². The van der Waals surface area contributed by atoms with Crippen LogP contribution < -0.4 is 0 Å². The van der Waals surface area contributed by atoms with E-state index in [4.69, 9.17) is 0 Å². The first-order valence-electron chi connectivity index (χ1n) is 8.64. The summed E-state index contributed by atoms with van der Waals surface area (Å²) in [6, 6.07) is 3.86. The molecule has 0 saturated carbocycles. The maximum Gasteiger partial charge on any atom is 0.416 e. The van der Waals surface area contributed by atoms with Gasteiger partial charge in [0.15, 0.2) is 0 Å². The minimum absolute atomic E-state index is 0.0190. The van der Waals surface area contributed by atoms with Gasteiger partial charge in [-0.05, 0) is 30.5 Å². The number of hydrogen-bond donors (Lipinski definition) is 1. The molecule has 2 aliphatic rings. The van der Waals surface area contributed by atoms with Crippen LogP contribution >= 0.6 is 0 Å². The molecule has 0 bridgehead atoms. The van der Waals surface area contributed by atoms with Crippen LogP contribution in [0, 0.1) is 5.92 Å². The number of carbonyl (C=O) groups is 3. The average Bonchev–Trinajstić information content (AvgIpc) is 3.21. The number of carboxylic acids is 1. The van der Waals surface area contributed by atoms with Gasteiger partial charge in [0, 0.05) is 26.1 Å². The van der Waals surface area contributed by atoms with E-state index in [-0.39, 0.29) is 31.3 Å². The van der Waals surface area contributed by atoms with Crippen molar-refractivity contribution in [2.75, 3.05) is 13.1 Å². The summed E-state index contributed by atoms with van der Waals surface area (Å²) >= 11 is 0. The minimum atomic E-state index is -4.47. The lowest BCUT2D eigenvalue weighted by atomic mass is 10.1. The second-order valence-electron chi connectivity index (χ2n) is 6.90. The number of carboxylic acid groups (broad SMARTS) is 1. The van der Waals surface area contributed by atoms with Crippen LogP contribution in [-0.4, -0.2) is 51.8 Å². The fourth-order valence-corrected chi connectivity index (χ4v) is 3.68. The molecule has 3 rings (SSSR count). The van der Waals surface area contributed by atoms with Crippen LogP contribution in [0.5, 0.6) is 0 Å². The number of carbonyl (C=O) groups excluding carboxylic acids is 2. The third-order valence-corrected chi connectivity index (χ3v) is 5.01. The molecule has 1 aromatic carbocycles. The third kappa shape index (κ3) is 4.06. The molecule has 0 radical (unpaired) electrons. The Kier molecular flexibility index (Phi) is 5.12. The second kappa shape index (κ2) is 7.21. The Morgan fingerprint density at radius 1 is 1.26 bits per heavy atom. The Morgan fingerprint density at radius 2 is 2.00 bits per heavy atom. The highest BCUT2D eigenvalue weighted by atomic mass is 19.4. The molecule has 1 aromatic rings. The summed E-state index contributed by atoms with van der Waals surface area (Å²) in [5.41, 5.74) is -0.462. The molecule has 27 heavy (non-hydrogen) atoms. The Morgan fingerprint density at radius 3 is 2.67 bits per heavy atom. The zero-order chi connectivity index (χ0) is 19.8. The number of alkyl halides is 3. The molecule has 2 fully saturated rings. The van der Waals surface area contributed by atoms with E-state index in [2.05, 4.69) is 0 Å². The van der Waals surface area contributed by atoms with E-state index >= 15 is 0 Å². The molecular formula is C18H19F3N2O4. The van der Waals surface area contributed by atoms with E-state index in [0.29, 0.717) is 24.9 Å². The molecule has 2 amide bonds. The molecule has 0 aliphatic carbocycles. The van der Waals surface area contributed by atoms with Crippen molar-refractivity contribution in [1.82, 2.24) is 9.80 Å². The van der Waals surface area contributed by atoms with Crippen molar-refractivity contribution in [3.8, 4) is 0 Å². The number of amides is 2. The lowest BCUT2D eigenvalue weighted by Crippen LogP contribution is -2.44. The highest BCUT2D eigenvalue weighted by Crippen LogP contribution is 2.31. The predicted molar refractivity (Wildman–Crippen MR) is 87.3 cm³/mol. The molecule has 0 aromatic heterocycles. The number of nitrogens with zero attached hydrogens (tertiary/aromatic N) is 2. The first-order chi connectivity index (χ1) is 12.7. The molecule has 6 nitrogen and oxygen atoms in total. The van der Waals surface area contributed by atoms with Crippen molar-refractivity contribution in [2.45, 2.75) is 38.0 Å². The first-order valence-corrected chi connectivity index (χ1v) is 8.64. The highest BCUT2D eigenvalue weighted by molar-refractivity contribution is 5.91. The molecule has 2 atom stereocenters. The van der Waals surface area contributed by atoms with Crippen LogP contribution in [0.1, 0.15) is 30.4 Å². The monoisotopic (exact) mass is 384 g/mol. The summed E-state index contributed by atoms with van der Waals surface area (Å²) in [6.45, 7) is 0.403. The van der Waals surface area contributed by atoms with Gasteiger partial charge in [-0.2, -0.15) is 13.2 Å². The lowest BCUT2D eigenvalue weighted by Gasteiger charge is -2.24. The summed E-state index contributed by atoms with van der Waals surface area (Å²) in [5.74, 6) is -2.43. The van der Waals surface area contributed by atoms with Gasteiger partial charge in [0.2, 0.25) is 11.8 Å². The average molecular weight is 384 g/mol. The maximum atomic E-state index is 12.8. The molecule has 1 N–H and O–H groups in total. The van der Waals surface area contributed by atoms with Crippen molar-refractivity contribution < 1.29 is 32.7 Å². The third-order valence-electron chi connectivity index (χ3n) is 5.01. The maximum absolute atomic E-state index is 12.8. The van der Waals surface area contributed by atoms with Gasteiger partial charge in [0.1, 0.15) is 6.04 Å². The smallest absolute Gasteiger partial charge is 0.416 e. The molecule has 2 aliphatic heterocycles. The molecule has 2 saturated heterocycles. The van der Waals surface area contributed by atoms with E-state index in [1.165, 1.54) is 21.9 Å². The molecular weight excluding hydrogens is 365 g/mol. The van der Waals surface area contributed by atoms with Crippen molar-refractivity contribution in [3.63, 3.8) is 0 Å². The molecule has 2 heterocycles. The van der Waals surface area contributed by atoms with Crippen LogP contribution in [0.25, 0.3) is 0 Å². The Hall–Kier alpha value is -2.58. The molecule has 2 unspecified atom stereocenters. The van der Waals surface area contributed by atoms with Gasteiger partial charge in [-0.1, -0.05) is 12.1 Å². The van der Waals surface area contributed by atoms with E-state index in [0.717, 1.165) is 12.1 Å². The number of benzene rings is 1. The Bertz CT molecular complexity index is 765. The van der Waals surface area contributed by atoms with Crippen molar-refractivity contribution in [1.29, 1.82) is 0 Å². The minimum Gasteiger partial charge on any atom is -0.480 e. The fraction of sp³-hybridized carbons (Fsp3) is 0.500. The van der Waals surface area contributed by atoms with Crippen LogP contribution in [0.3, 0.4) is 0 Å². The van der Waals surface area contributed by atoms with E-state index in [9.17, 15) is 32.7 Å². The highest BCUT2D eigenvalue weighted by Gasteiger charge is 2.41. The summed E-state index contributed by atoms with van der Waals surface area (Å²) in [7, 11) is 0. The van der Waals surface area contributed by atoms with Crippen molar-refractivity contribution >= 4 is 17.8 Å². The summed E-state index contributed by atoms with van der Waals surface area (Å²) < 4.78 is 38.5. The normalized spacial score (nSPS) is 23.1. The van der Waals surface area contributed by atoms with E-state index in [1.807, 2.05) is 0 Å². The topological polar surface area (TPSA) is 77.9 Å². The molecule has 9 heteroatoms. The van der Waals surface area contributed by atoms with E-state index in [1.54, 1.807) is 0 Å². The predicted octanol–water partition coefficient (Wildman–Crippen LogP) is 2.13. The van der Waals surface area contributed by atoms with Gasteiger partial charge in [0.25, 0.3) is 0 Å². The standard InChI is InChI=1S/C18H19F3N2O4/c19-18(20,21)13-4-1-3-11(7-13)9-22-10-12(8-15(22)24)16(25)23-6-2-5-14(23)17(26)27/h1,3-4,7,12,14H,2,5-6,8-10H2,(H,26,27). The molecule has 146 valence electrons. The number of halogens is 3. The van der Waals surface area contributed by atoms with Gasteiger partial charge >= 0.3 is 12.1 Å².